The van der Waals surface area contributed by atoms with Crippen LogP contribution < -0.4 is 0 Å². The van der Waals surface area contributed by atoms with Gasteiger partial charge < -0.3 is 14.7 Å². The fourth-order valence-electron chi connectivity index (χ4n) is 0.896. The molecule has 0 aliphatic carbocycles. The van der Waals surface area contributed by atoms with E-state index in [0.29, 0.717) is 19.7 Å². The Morgan fingerprint density at radius 3 is 3.08 bits per heavy atom. The van der Waals surface area contributed by atoms with Gasteiger partial charge in [-0.05, 0) is 13.0 Å². The van der Waals surface area contributed by atoms with Crippen LogP contribution in [0.3, 0.4) is 0 Å². The molecule has 0 aromatic heterocycles. The molecule has 1 heterocycles. The lowest BCUT2D eigenvalue weighted by Gasteiger charge is -1.97. The van der Waals surface area contributed by atoms with Gasteiger partial charge in [0.15, 0.2) is 0 Å². The van der Waals surface area contributed by atoms with Crippen molar-refractivity contribution < 1.29 is 14.6 Å². The predicted molar refractivity (Wildman–Crippen MR) is 46.4 cm³/mol. The number of ether oxygens (including phenoxy) is 1. The van der Waals surface area contributed by atoms with Crippen LogP contribution in [0.5, 0.6) is 0 Å². The summed E-state index contributed by atoms with van der Waals surface area (Å²) in [6.07, 6.45) is 1.57. The lowest BCUT2D eigenvalue weighted by molar-refractivity contribution is -0.134. The van der Waals surface area contributed by atoms with Crippen molar-refractivity contribution in [2.24, 2.45) is 4.90 Å². The summed E-state index contributed by atoms with van der Waals surface area (Å²) in [5, 5.41) is 8.70. The van der Waals surface area contributed by atoms with E-state index in [-0.39, 0.29) is 6.61 Å². The van der Waals surface area contributed by atoms with E-state index in [1.807, 2.05) is 0 Å². The third-order valence-corrected chi connectivity index (χ3v) is 1.48. The molecule has 0 amide bonds. The molecule has 0 bridgehead atoms. The maximum absolute atomic E-state index is 11.0. The average Bonchev–Trinajstić information content (AvgIpc) is 2.52. The standard InChI is InChI=1S/C7H10BNO3/c1-2-12-7(11)6-3-5(4-10)8-9-6/h3,8,10H,2,4H2,1H3. The molecule has 0 saturated heterocycles. The normalized spacial score (nSPS) is 14.8. The highest BCUT2D eigenvalue weighted by atomic mass is 16.5. The highest BCUT2D eigenvalue weighted by Gasteiger charge is 2.16. The molecule has 1 aliphatic rings. The average molecular weight is 167 g/mol. The first-order valence-corrected chi connectivity index (χ1v) is 3.79. The fraction of sp³-hybridized carbons (Fsp3) is 0.429. The van der Waals surface area contributed by atoms with Gasteiger partial charge in [-0.25, -0.2) is 4.79 Å². The highest BCUT2D eigenvalue weighted by molar-refractivity contribution is 6.58. The van der Waals surface area contributed by atoms with Crippen molar-refractivity contribution >= 4 is 19.1 Å². The van der Waals surface area contributed by atoms with Gasteiger partial charge in [0.1, 0.15) is 5.71 Å². The van der Waals surface area contributed by atoms with E-state index in [0.717, 1.165) is 5.47 Å². The SMILES string of the molecule is CCOC(=O)C1=NBC(CO)=C1. The van der Waals surface area contributed by atoms with Crippen LogP contribution >= 0.6 is 0 Å². The maximum atomic E-state index is 11.0. The van der Waals surface area contributed by atoms with Crippen LogP contribution in [0.25, 0.3) is 0 Å². The summed E-state index contributed by atoms with van der Waals surface area (Å²) in [7, 11) is 0.407. The first kappa shape index (κ1) is 9.00. The summed E-state index contributed by atoms with van der Waals surface area (Å²) in [5.74, 6) is -0.416. The second-order valence-electron chi connectivity index (χ2n) is 2.38. The monoisotopic (exact) mass is 167 g/mol. The third-order valence-electron chi connectivity index (χ3n) is 1.48. The largest absolute Gasteiger partial charge is 0.461 e. The molecule has 5 heteroatoms. The van der Waals surface area contributed by atoms with Crippen LogP contribution in [0, 0.1) is 0 Å². The number of rotatable bonds is 3. The van der Waals surface area contributed by atoms with E-state index in [1.54, 1.807) is 13.0 Å². The van der Waals surface area contributed by atoms with Crippen molar-refractivity contribution in [3.05, 3.63) is 11.5 Å². The Morgan fingerprint density at radius 2 is 2.58 bits per heavy atom. The van der Waals surface area contributed by atoms with E-state index < -0.39 is 5.97 Å². The number of carbonyl (C=O) groups excluding carboxylic acids is 1. The Hall–Kier alpha value is -1.10. The summed E-state index contributed by atoms with van der Waals surface area (Å²) in [4.78, 5) is 14.9. The smallest absolute Gasteiger partial charge is 0.355 e. The topological polar surface area (TPSA) is 58.9 Å². The molecular weight excluding hydrogens is 157 g/mol. The Kier molecular flexibility index (Phi) is 3.05. The number of nitrogens with zero attached hydrogens (tertiary/aromatic N) is 1. The van der Waals surface area contributed by atoms with Gasteiger partial charge in [0.2, 0.25) is 0 Å². The van der Waals surface area contributed by atoms with Gasteiger partial charge in [0.05, 0.1) is 13.2 Å². The van der Waals surface area contributed by atoms with Gasteiger partial charge in [0.25, 0.3) is 7.41 Å². The molecule has 1 rings (SSSR count). The van der Waals surface area contributed by atoms with Gasteiger partial charge in [-0.2, -0.15) is 0 Å². The van der Waals surface area contributed by atoms with Crippen LogP contribution in [0.4, 0.5) is 0 Å². The minimum Gasteiger partial charge on any atom is -0.461 e. The highest BCUT2D eigenvalue weighted by Crippen LogP contribution is 2.03. The van der Waals surface area contributed by atoms with E-state index >= 15 is 0 Å². The zero-order valence-electron chi connectivity index (χ0n) is 6.91. The number of esters is 1. The van der Waals surface area contributed by atoms with Crippen molar-refractivity contribution in [3.63, 3.8) is 0 Å². The Labute approximate surface area is 71.2 Å². The molecule has 0 aromatic rings. The van der Waals surface area contributed by atoms with Gasteiger partial charge in [0, 0.05) is 0 Å². The van der Waals surface area contributed by atoms with Crippen molar-refractivity contribution in [1.82, 2.24) is 0 Å². The van der Waals surface area contributed by atoms with Gasteiger partial charge in [-0.3, -0.25) is 0 Å². The Morgan fingerprint density at radius 1 is 1.83 bits per heavy atom. The number of carbonyl (C=O) groups is 1. The number of hydrogen-bond donors (Lipinski definition) is 1. The van der Waals surface area contributed by atoms with E-state index in [4.69, 9.17) is 9.84 Å². The molecule has 0 aromatic carbocycles. The summed E-state index contributed by atoms with van der Waals surface area (Å²) in [6, 6.07) is 0. The Balaban J connectivity index is 2.55. The molecule has 0 fully saturated rings. The molecule has 12 heavy (non-hydrogen) atoms. The van der Waals surface area contributed by atoms with Crippen LogP contribution in [0.1, 0.15) is 6.92 Å². The summed E-state index contributed by atoms with van der Waals surface area (Å²) in [5.41, 5.74) is 1.05. The predicted octanol–water partition coefficient (Wildman–Crippen LogP) is -0.768. The second-order valence-corrected chi connectivity index (χ2v) is 2.38. The number of aliphatic hydroxyl groups excluding tert-OH is 1. The molecule has 4 nitrogen and oxygen atoms in total. The van der Waals surface area contributed by atoms with Crippen molar-refractivity contribution in [3.8, 4) is 0 Å². The molecule has 64 valence electrons. The maximum Gasteiger partial charge on any atom is 0.355 e. The molecule has 0 unspecified atom stereocenters. The minimum absolute atomic E-state index is 0.0492. The minimum atomic E-state index is -0.416. The van der Waals surface area contributed by atoms with Crippen LogP contribution in [0.2, 0.25) is 0 Å². The van der Waals surface area contributed by atoms with Gasteiger partial charge in [-0.15, -0.1) is 0 Å². The lowest BCUT2D eigenvalue weighted by atomic mass is 9.86. The van der Waals surface area contributed by atoms with Crippen LogP contribution in [-0.4, -0.2) is 37.4 Å². The lowest BCUT2D eigenvalue weighted by Crippen LogP contribution is -2.13. The zero-order valence-corrected chi connectivity index (χ0v) is 6.91. The molecule has 0 saturated carbocycles. The fourth-order valence-corrected chi connectivity index (χ4v) is 0.896. The van der Waals surface area contributed by atoms with Crippen molar-refractivity contribution in [2.45, 2.75) is 6.92 Å². The molecule has 0 spiro atoms. The summed E-state index contributed by atoms with van der Waals surface area (Å²) < 4.78 is 4.72. The third kappa shape index (κ3) is 1.95. The van der Waals surface area contributed by atoms with Crippen molar-refractivity contribution in [2.75, 3.05) is 13.2 Å². The first-order chi connectivity index (χ1) is 5.77. The molecule has 1 N–H and O–H groups in total. The summed E-state index contributed by atoms with van der Waals surface area (Å²) >= 11 is 0. The summed E-state index contributed by atoms with van der Waals surface area (Å²) in [6.45, 7) is 2.04. The number of aliphatic hydroxyl groups is 1. The molecule has 1 aliphatic heterocycles. The van der Waals surface area contributed by atoms with Gasteiger partial charge >= 0.3 is 5.97 Å². The van der Waals surface area contributed by atoms with Crippen molar-refractivity contribution in [1.29, 1.82) is 0 Å². The van der Waals surface area contributed by atoms with Gasteiger partial charge in [-0.1, -0.05) is 5.47 Å². The van der Waals surface area contributed by atoms with E-state index in [9.17, 15) is 4.79 Å². The zero-order chi connectivity index (χ0) is 8.97. The van der Waals surface area contributed by atoms with Crippen LogP contribution in [0.15, 0.2) is 16.5 Å². The molecule has 0 radical (unpaired) electrons. The van der Waals surface area contributed by atoms with Crippen LogP contribution in [-0.2, 0) is 9.53 Å². The first-order valence-electron chi connectivity index (χ1n) is 3.79. The molecule has 0 atom stereocenters. The molecular formula is C7H10BNO3. The second kappa shape index (κ2) is 4.06. The number of hydrogen-bond acceptors (Lipinski definition) is 4. The van der Waals surface area contributed by atoms with E-state index in [2.05, 4.69) is 4.90 Å². The Bertz CT molecular complexity index is 247. The van der Waals surface area contributed by atoms with E-state index in [1.165, 1.54) is 0 Å². The quantitative estimate of drug-likeness (QED) is 0.443.